The summed E-state index contributed by atoms with van der Waals surface area (Å²) in [5.41, 5.74) is 2.12. The first kappa shape index (κ1) is 20.7. The van der Waals surface area contributed by atoms with E-state index in [2.05, 4.69) is 33.2 Å². The zero-order valence-electron chi connectivity index (χ0n) is 18.0. The molecule has 1 aromatic carbocycles. The highest BCUT2D eigenvalue weighted by atomic mass is 32.2. The van der Waals surface area contributed by atoms with Crippen molar-refractivity contribution in [1.29, 1.82) is 0 Å². The van der Waals surface area contributed by atoms with Crippen molar-refractivity contribution in [3.63, 3.8) is 0 Å². The number of nitrogens with one attached hydrogen (secondary N) is 2. The van der Waals surface area contributed by atoms with Crippen LogP contribution in [0.5, 0.6) is 0 Å². The topological polar surface area (TPSA) is 79.3 Å². The standard InChI is InChI=1S/C23H31N5O2S/c1-27-17-9-3-2-8-15(17)24-22(27)18-10-6-7-13-28(18)20(29)12-5-4-11-19-21-16(14-31-19)25-23(30)26-21/h2-3,8-9,16,18-19,21H,4-7,10-14H2,1H3,(H2,25,26,30). The van der Waals surface area contributed by atoms with Crippen LogP contribution in [-0.4, -0.2) is 56.0 Å². The third kappa shape index (κ3) is 4.02. The van der Waals surface area contributed by atoms with E-state index in [4.69, 9.17) is 4.98 Å². The van der Waals surface area contributed by atoms with Gasteiger partial charge in [-0.2, -0.15) is 11.8 Å². The summed E-state index contributed by atoms with van der Waals surface area (Å²) in [5.74, 6) is 2.25. The predicted octanol–water partition coefficient (Wildman–Crippen LogP) is 3.35. The second kappa shape index (κ2) is 8.73. The molecule has 166 valence electrons. The van der Waals surface area contributed by atoms with Crippen LogP contribution in [0.15, 0.2) is 24.3 Å². The van der Waals surface area contributed by atoms with Gasteiger partial charge in [0.1, 0.15) is 5.82 Å². The summed E-state index contributed by atoms with van der Waals surface area (Å²) in [7, 11) is 2.06. The zero-order valence-corrected chi connectivity index (χ0v) is 18.9. The largest absolute Gasteiger partial charge is 0.333 e. The van der Waals surface area contributed by atoms with E-state index in [0.717, 1.165) is 67.7 Å². The molecule has 5 rings (SSSR count). The number of urea groups is 1. The molecule has 3 aliphatic heterocycles. The molecule has 4 atom stereocenters. The van der Waals surface area contributed by atoms with Gasteiger partial charge in [0.25, 0.3) is 0 Å². The second-order valence-corrected chi connectivity index (χ2v) is 10.3. The fraction of sp³-hybridized carbons (Fsp3) is 0.609. The molecule has 0 saturated carbocycles. The maximum atomic E-state index is 13.1. The van der Waals surface area contributed by atoms with Gasteiger partial charge in [-0.05, 0) is 44.2 Å². The Kier molecular flexibility index (Phi) is 5.82. The van der Waals surface area contributed by atoms with E-state index in [1.54, 1.807) is 0 Å². The summed E-state index contributed by atoms with van der Waals surface area (Å²) in [4.78, 5) is 31.6. The van der Waals surface area contributed by atoms with Crippen LogP contribution in [-0.2, 0) is 11.8 Å². The number of benzene rings is 1. The molecule has 0 bridgehead atoms. The number of aromatic nitrogens is 2. The fourth-order valence-electron chi connectivity index (χ4n) is 5.37. The molecule has 3 saturated heterocycles. The van der Waals surface area contributed by atoms with Gasteiger partial charge in [-0.1, -0.05) is 18.6 Å². The number of carbonyl (C=O) groups excluding carboxylic acids is 2. The molecule has 2 N–H and O–H groups in total. The number of imidazole rings is 1. The summed E-state index contributed by atoms with van der Waals surface area (Å²) < 4.78 is 2.16. The van der Waals surface area contributed by atoms with Gasteiger partial charge in [0.15, 0.2) is 0 Å². The predicted molar refractivity (Wildman–Crippen MR) is 123 cm³/mol. The first-order valence-electron chi connectivity index (χ1n) is 11.5. The molecule has 0 radical (unpaired) electrons. The van der Waals surface area contributed by atoms with Crippen LogP contribution < -0.4 is 10.6 Å². The van der Waals surface area contributed by atoms with Crippen molar-refractivity contribution < 1.29 is 9.59 Å². The lowest BCUT2D eigenvalue weighted by atomic mass is 9.99. The first-order valence-corrected chi connectivity index (χ1v) is 12.6. The molecule has 7 nitrogen and oxygen atoms in total. The molecule has 0 spiro atoms. The van der Waals surface area contributed by atoms with Crippen LogP contribution in [0, 0.1) is 0 Å². The Hall–Kier alpha value is -2.22. The van der Waals surface area contributed by atoms with Gasteiger partial charge < -0.3 is 20.1 Å². The minimum Gasteiger partial charge on any atom is -0.333 e. The second-order valence-electron chi connectivity index (χ2n) is 8.98. The number of unbranched alkanes of at least 4 members (excludes halogenated alkanes) is 1. The number of amides is 3. The van der Waals surface area contributed by atoms with Crippen molar-refractivity contribution in [1.82, 2.24) is 25.1 Å². The van der Waals surface area contributed by atoms with Crippen molar-refractivity contribution in [3.05, 3.63) is 30.1 Å². The summed E-state index contributed by atoms with van der Waals surface area (Å²) in [6.07, 6.45) is 6.76. The molecule has 4 unspecified atom stereocenters. The van der Waals surface area contributed by atoms with Crippen LogP contribution >= 0.6 is 11.8 Å². The molecule has 4 heterocycles. The SMILES string of the molecule is Cn1c(C2CCCCN2C(=O)CCCCC2SCC3NC(=O)NC32)nc2ccccc21. The fourth-order valence-corrected chi connectivity index (χ4v) is 6.91. The molecule has 0 aliphatic carbocycles. The van der Waals surface area contributed by atoms with E-state index in [9.17, 15) is 9.59 Å². The molecule has 1 aromatic heterocycles. The van der Waals surface area contributed by atoms with E-state index in [0.29, 0.717) is 11.7 Å². The van der Waals surface area contributed by atoms with Gasteiger partial charge in [0.05, 0.1) is 29.2 Å². The zero-order chi connectivity index (χ0) is 21.4. The minimum atomic E-state index is -0.0337. The highest BCUT2D eigenvalue weighted by Gasteiger charge is 2.42. The Morgan fingerprint density at radius 3 is 2.97 bits per heavy atom. The molecule has 2 aromatic rings. The Labute approximate surface area is 187 Å². The number of para-hydroxylation sites is 2. The monoisotopic (exact) mass is 441 g/mol. The van der Waals surface area contributed by atoms with Crippen molar-refractivity contribution in [3.8, 4) is 0 Å². The summed E-state index contributed by atoms with van der Waals surface area (Å²) in [6.45, 7) is 0.826. The van der Waals surface area contributed by atoms with Gasteiger partial charge in [0, 0.05) is 31.0 Å². The highest BCUT2D eigenvalue weighted by Crippen LogP contribution is 2.34. The number of rotatable bonds is 6. The Morgan fingerprint density at radius 1 is 1.23 bits per heavy atom. The Balaban J connectivity index is 1.18. The molecular formula is C23H31N5O2S. The molecular weight excluding hydrogens is 410 g/mol. The smallest absolute Gasteiger partial charge is 0.315 e. The van der Waals surface area contributed by atoms with E-state index < -0.39 is 0 Å². The summed E-state index contributed by atoms with van der Waals surface area (Å²) in [6, 6.07) is 8.74. The van der Waals surface area contributed by atoms with E-state index in [-0.39, 0.29) is 30.1 Å². The number of likely N-dealkylation sites (tertiary alicyclic amines) is 1. The third-order valence-electron chi connectivity index (χ3n) is 7.01. The maximum absolute atomic E-state index is 13.1. The Bertz CT molecular complexity index is 976. The van der Waals surface area contributed by atoms with Crippen LogP contribution in [0.3, 0.4) is 0 Å². The van der Waals surface area contributed by atoms with Gasteiger partial charge in [-0.25, -0.2) is 9.78 Å². The average Bonchev–Trinajstić information content (AvgIpc) is 3.44. The van der Waals surface area contributed by atoms with Crippen molar-refractivity contribution >= 4 is 34.7 Å². The third-order valence-corrected chi connectivity index (χ3v) is 8.52. The lowest BCUT2D eigenvalue weighted by Crippen LogP contribution is -2.39. The van der Waals surface area contributed by atoms with E-state index >= 15 is 0 Å². The quantitative estimate of drug-likeness (QED) is 0.532. The number of fused-ring (bicyclic) bond motifs is 2. The average molecular weight is 442 g/mol. The van der Waals surface area contributed by atoms with Crippen molar-refractivity contribution in [2.24, 2.45) is 7.05 Å². The first-order chi connectivity index (χ1) is 15.1. The normalized spacial score (nSPS) is 27.9. The Morgan fingerprint density at radius 2 is 2.10 bits per heavy atom. The number of hydrogen-bond donors (Lipinski definition) is 2. The van der Waals surface area contributed by atoms with Crippen molar-refractivity contribution in [2.75, 3.05) is 12.3 Å². The number of piperidine rings is 1. The molecule has 3 amide bonds. The van der Waals surface area contributed by atoms with Crippen LogP contribution in [0.4, 0.5) is 4.79 Å². The number of aryl methyl sites for hydroxylation is 1. The van der Waals surface area contributed by atoms with E-state index in [1.165, 1.54) is 0 Å². The van der Waals surface area contributed by atoms with Gasteiger partial charge in [-0.3, -0.25) is 4.79 Å². The minimum absolute atomic E-state index is 0.0337. The molecule has 31 heavy (non-hydrogen) atoms. The number of thioether (sulfide) groups is 1. The van der Waals surface area contributed by atoms with Crippen LogP contribution in [0.25, 0.3) is 11.0 Å². The maximum Gasteiger partial charge on any atom is 0.315 e. The van der Waals surface area contributed by atoms with Crippen LogP contribution in [0.2, 0.25) is 0 Å². The summed E-state index contributed by atoms with van der Waals surface area (Å²) >= 11 is 1.94. The number of hydrogen-bond acceptors (Lipinski definition) is 4. The lowest BCUT2D eigenvalue weighted by Gasteiger charge is -2.35. The number of carbonyl (C=O) groups is 2. The van der Waals surface area contributed by atoms with Gasteiger partial charge in [-0.15, -0.1) is 0 Å². The van der Waals surface area contributed by atoms with Gasteiger partial charge in [0.2, 0.25) is 5.91 Å². The van der Waals surface area contributed by atoms with E-state index in [1.807, 2.05) is 30.0 Å². The van der Waals surface area contributed by atoms with Gasteiger partial charge >= 0.3 is 6.03 Å². The van der Waals surface area contributed by atoms with Crippen LogP contribution in [0.1, 0.15) is 56.8 Å². The molecule has 8 heteroatoms. The summed E-state index contributed by atoms with van der Waals surface area (Å²) in [5, 5.41) is 6.50. The number of nitrogens with zero attached hydrogens (tertiary/aromatic N) is 3. The molecule has 3 fully saturated rings. The lowest BCUT2D eigenvalue weighted by molar-refractivity contribution is -0.135. The van der Waals surface area contributed by atoms with Crippen molar-refractivity contribution in [2.45, 2.75) is 68.3 Å². The molecule has 3 aliphatic rings. The highest BCUT2D eigenvalue weighted by molar-refractivity contribution is 8.00.